The first-order valence-electron chi connectivity index (χ1n) is 10.6. The Morgan fingerprint density at radius 3 is 2.12 bits per heavy atom. The van der Waals surface area contributed by atoms with E-state index in [2.05, 4.69) is 20.0 Å². The Balaban J connectivity index is 2.09. The van der Waals surface area contributed by atoms with E-state index in [0.717, 1.165) is 25.2 Å². The van der Waals surface area contributed by atoms with Gasteiger partial charge in [0.15, 0.2) is 5.75 Å². The van der Waals surface area contributed by atoms with E-state index in [4.69, 9.17) is 28.9 Å². The lowest BCUT2D eigenvalue weighted by Gasteiger charge is -2.30. The fraction of sp³-hybridized carbons (Fsp3) is 0.318. The zero-order valence-electron chi connectivity index (χ0n) is 19.3. The fourth-order valence-electron chi connectivity index (χ4n) is 3.19. The highest BCUT2D eigenvalue weighted by Crippen LogP contribution is 2.55. The summed E-state index contributed by atoms with van der Waals surface area (Å²) in [6, 6.07) is 0.477. The molecule has 40 heavy (non-hydrogen) atoms. The quantitative estimate of drug-likeness (QED) is 0.194. The molecule has 2 aromatic rings. The molecule has 0 aliphatic heterocycles. The summed E-state index contributed by atoms with van der Waals surface area (Å²) in [5.74, 6) is -2.38. The van der Waals surface area contributed by atoms with Crippen molar-refractivity contribution < 1.29 is 53.4 Å². The molecule has 0 bridgehead atoms. The second kappa shape index (κ2) is 11.0. The molecule has 1 amide bonds. The normalized spacial score (nSPS) is 15.4. The predicted molar refractivity (Wildman–Crippen MR) is 123 cm³/mol. The lowest BCUT2D eigenvalue weighted by atomic mass is 9.93. The number of carbonyl (C=O) groups is 1. The van der Waals surface area contributed by atoms with Gasteiger partial charge in [0.25, 0.3) is 5.91 Å². The van der Waals surface area contributed by atoms with Gasteiger partial charge in [-0.15, -0.1) is 13.2 Å². The van der Waals surface area contributed by atoms with E-state index in [0.29, 0.717) is 6.21 Å². The van der Waals surface area contributed by atoms with Crippen molar-refractivity contribution >= 4 is 46.6 Å². The highest BCUT2D eigenvalue weighted by atomic mass is 35.5. The summed E-state index contributed by atoms with van der Waals surface area (Å²) in [5.41, 5.74) is -4.29. The smallest absolute Gasteiger partial charge is 0.404 e. The van der Waals surface area contributed by atoms with Crippen LogP contribution in [0.5, 0.6) is 5.75 Å². The van der Waals surface area contributed by atoms with Crippen LogP contribution in [0.15, 0.2) is 35.6 Å². The molecule has 18 heteroatoms. The maximum atomic E-state index is 14.5. The Bertz CT molecular complexity index is 1340. The Morgan fingerprint density at radius 1 is 1.02 bits per heavy atom. The number of benzene rings is 1. The number of aromatic nitrogens is 1. The average molecular weight is 627 g/mol. The zero-order chi connectivity index (χ0) is 30.3. The number of halogens is 12. The molecule has 1 aliphatic rings. The summed E-state index contributed by atoms with van der Waals surface area (Å²) in [7, 11) is 0. The van der Waals surface area contributed by atoms with Gasteiger partial charge in [-0.25, -0.2) is 9.37 Å². The van der Waals surface area contributed by atoms with E-state index in [-0.39, 0.29) is 34.0 Å². The first kappa shape index (κ1) is 31.3. The third-order valence-corrected chi connectivity index (χ3v) is 5.86. The van der Waals surface area contributed by atoms with Crippen LogP contribution in [0.25, 0.3) is 5.57 Å². The monoisotopic (exact) mass is 626 g/mol. The SMILES string of the molecule is NC=C(C=Nc1c(Cl)cc(C(F)(C(F)(F)F)C(F)(F)F)cc1OC(F)(F)F)c1cnc(Cl)c(C(=O)NC2CC2)c1. The summed E-state index contributed by atoms with van der Waals surface area (Å²) in [5, 5.41) is 1.17. The molecule has 1 saturated carbocycles. The number of ether oxygens (including phenoxy) is 1. The number of nitrogens with two attached hydrogens (primary N) is 1. The molecular formula is C22H14Cl2F10N4O2. The molecule has 6 nitrogen and oxygen atoms in total. The Morgan fingerprint density at radius 2 is 1.62 bits per heavy atom. The standard InChI is InChI=1S/C22H14Cl2F10N4O2/c23-14-4-11(19(25,20(26,27)28)21(29,30)31)5-15(40-22(32,33)34)16(14)36-8-10(6-35)9-3-13(17(24)37-7-9)18(39)38-12-1-2-12/h3-8,12H,1-2,35H2,(H,38,39). The number of nitrogens with zero attached hydrogens (tertiary/aromatic N) is 2. The molecule has 1 heterocycles. The van der Waals surface area contributed by atoms with Crippen LogP contribution in [0.3, 0.4) is 0 Å². The van der Waals surface area contributed by atoms with Crippen molar-refractivity contribution in [2.45, 2.75) is 43.3 Å². The van der Waals surface area contributed by atoms with Gasteiger partial charge in [0, 0.05) is 41.4 Å². The lowest BCUT2D eigenvalue weighted by Crippen LogP contribution is -2.50. The second-order valence-corrected chi connectivity index (χ2v) is 8.96. The summed E-state index contributed by atoms with van der Waals surface area (Å²) in [6.07, 6.45) is -14.8. The third-order valence-electron chi connectivity index (χ3n) is 5.28. The van der Waals surface area contributed by atoms with Crippen LogP contribution in [-0.2, 0) is 5.67 Å². The minimum absolute atomic E-state index is 0.0274. The second-order valence-electron chi connectivity index (χ2n) is 8.20. The fourth-order valence-corrected chi connectivity index (χ4v) is 3.64. The number of carbonyl (C=O) groups excluding carboxylic acids is 1. The van der Waals surface area contributed by atoms with E-state index < -0.39 is 58.4 Å². The van der Waals surface area contributed by atoms with Gasteiger partial charge in [0.2, 0.25) is 0 Å². The van der Waals surface area contributed by atoms with E-state index >= 15 is 0 Å². The molecule has 0 atom stereocenters. The maximum absolute atomic E-state index is 14.5. The summed E-state index contributed by atoms with van der Waals surface area (Å²) in [4.78, 5) is 19.8. The summed E-state index contributed by atoms with van der Waals surface area (Å²) >= 11 is 11.6. The van der Waals surface area contributed by atoms with E-state index in [9.17, 15) is 48.7 Å². The number of alkyl halides is 10. The third kappa shape index (κ3) is 6.71. The molecular weight excluding hydrogens is 613 g/mol. The molecule has 0 radical (unpaired) electrons. The summed E-state index contributed by atoms with van der Waals surface area (Å²) < 4.78 is 136. The molecule has 1 aromatic heterocycles. The molecule has 3 rings (SSSR count). The van der Waals surface area contributed by atoms with Gasteiger partial charge in [-0.05, 0) is 31.0 Å². The number of amides is 1. The first-order chi connectivity index (χ1) is 18.3. The van der Waals surface area contributed by atoms with Crippen molar-refractivity contribution in [3.05, 3.63) is 57.5 Å². The van der Waals surface area contributed by atoms with Gasteiger partial charge in [-0.1, -0.05) is 23.2 Å². The predicted octanol–water partition coefficient (Wildman–Crippen LogP) is 7.17. The van der Waals surface area contributed by atoms with Crippen LogP contribution in [0.4, 0.5) is 49.6 Å². The van der Waals surface area contributed by atoms with Gasteiger partial charge in [-0.3, -0.25) is 9.79 Å². The topological polar surface area (TPSA) is 89.6 Å². The molecule has 218 valence electrons. The van der Waals surface area contributed by atoms with Crippen LogP contribution in [0.2, 0.25) is 10.2 Å². The zero-order valence-corrected chi connectivity index (χ0v) is 20.8. The number of rotatable bonds is 7. The molecule has 0 spiro atoms. The molecule has 1 aliphatic carbocycles. The lowest BCUT2D eigenvalue weighted by molar-refractivity contribution is -0.348. The Kier molecular flexibility index (Phi) is 8.56. The molecule has 1 fully saturated rings. The minimum atomic E-state index is -6.64. The Hall–Kier alpha value is -3.27. The highest BCUT2D eigenvalue weighted by Gasteiger charge is 2.73. The number of allylic oxidation sites excluding steroid dienone is 1. The van der Waals surface area contributed by atoms with E-state index in [1.54, 1.807) is 0 Å². The summed E-state index contributed by atoms with van der Waals surface area (Å²) in [6.45, 7) is 0. The van der Waals surface area contributed by atoms with Crippen molar-refractivity contribution in [3.8, 4) is 5.75 Å². The average Bonchev–Trinajstić information content (AvgIpc) is 3.62. The molecule has 0 unspecified atom stereocenters. The van der Waals surface area contributed by atoms with Crippen molar-refractivity contribution in [1.82, 2.24) is 10.3 Å². The number of nitrogens with one attached hydrogen (secondary N) is 1. The molecule has 1 aromatic carbocycles. The van der Waals surface area contributed by atoms with E-state index in [1.165, 1.54) is 6.07 Å². The number of aliphatic imine (C=N–C) groups is 1. The van der Waals surface area contributed by atoms with Crippen LogP contribution in [0, 0.1) is 0 Å². The van der Waals surface area contributed by atoms with Crippen LogP contribution in [-0.4, -0.2) is 41.9 Å². The Labute approximate surface area is 227 Å². The van der Waals surface area contributed by atoms with Gasteiger partial charge >= 0.3 is 24.4 Å². The van der Waals surface area contributed by atoms with E-state index in [1.807, 2.05) is 0 Å². The number of hydrogen-bond acceptors (Lipinski definition) is 5. The van der Waals surface area contributed by atoms with Crippen LogP contribution in [0.1, 0.15) is 34.3 Å². The van der Waals surface area contributed by atoms with Gasteiger partial charge in [0.1, 0.15) is 10.8 Å². The largest absolute Gasteiger partial charge is 0.573 e. The van der Waals surface area contributed by atoms with Crippen molar-refractivity contribution in [2.75, 3.05) is 0 Å². The van der Waals surface area contributed by atoms with Gasteiger partial charge in [-0.2, -0.15) is 26.3 Å². The highest BCUT2D eigenvalue weighted by molar-refractivity contribution is 6.34. The first-order valence-corrected chi connectivity index (χ1v) is 11.4. The number of hydrogen-bond donors (Lipinski definition) is 2. The van der Waals surface area contributed by atoms with Crippen molar-refractivity contribution in [1.29, 1.82) is 0 Å². The van der Waals surface area contributed by atoms with Crippen molar-refractivity contribution in [2.24, 2.45) is 10.7 Å². The minimum Gasteiger partial charge on any atom is -0.404 e. The number of pyridine rings is 1. The van der Waals surface area contributed by atoms with Gasteiger partial charge in [0.05, 0.1) is 10.6 Å². The van der Waals surface area contributed by atoms with Crippen molar-refractivity contribution in [3.63, 3.8) is 0 Å². The molecule has 0 saturated heterocycles. The van der Waals surface area contributed by atoms with Crippen LogP contribution < -0.4 is 15.8 Å². The van der Waals surface area contributed by atoms with Gasteiger partial charge < -0.3 is 15.8 Å². The maximum Gasteiger partial charge on any atom is 0.573 e. The molecule has 3 N–H and O–H groups in total. The van der Waals surface area contributed by atoms with Crippen LogP contribution >= 0.6 is 23.2 Å².